The van der Waals surface area contributed by atoms with Crippen LogP contribution in [0, 0.1) is 11.6 Å². The lowest BCUT2D eigenvalue weighted by Crippen LogP contribution is -2.28. The highest BCUT2D eigenvalue weighted by atomic mass is 32.2. The summed E-state index contributed by atoms with van der Waals surface area (Å²) >= 11 is 1.14. The Morgan fingerprint density at radius 3 is 1.86 bits per heavy atom. The molecule has 0 heterocycles. The van der Waals surface area contributed by atoms with Crippen LogP contribution in [-0.4, -0.2) is 31.4 Å². The molecule has 116 valence electrons. The number of halogens is 2. The minimum absolute atomic E-state index is 0.0130. The van der Waals surface area contributed by atoms with Gasteiger partial charge in [0.1, 0.15) is 11.6 Å². The Morgan fingerprint density at radius 2 is 1.52 bits per heavy atom. The molecule has 0 saturated carbocycles. The van der Waals surface area contributed by atoms with Gasteiger partial charge in [-0.05, 0) is 32.2 Å². The first kappa shape index (κ1) is 17.4. The van der Waals surface area contributed by atoms with Gasteiger partial charge in [0, 0.05) is 10.5 Å². The molecule has 0 aromatic heterocycles. The molecule has 0 aliphatic carbocycles. The van der Waals surface area contributed by atoms with E-state index in [0.717, 1.165) is 23.9 Å². The summed E-state index contributed by atoms with van der Waals surface area (Å²) in [6.45, 7) is 3.04. The summed E-state index contributed by atoms with van der Waals surface area (Å²) in [7, 11) is 0. The monoisotopic (exact) mass is 318 g/mol. The molecule has 0 bridgehead atoms. The largest absolute Gasteiger partial charge is 0.465 e. The third-order valence-electron chi connectivity index (χ3n) is 2.62. The molecule has 7 heteroatoms. The Balaban J connectivity index is 3.32. The topological polar surface area (TPSA) is 52.6 Å². The maximum Gasteiger partial charge on any atom is 0.325 e. The Labute approximate surface area is 125 Å². The maximum atomic E-state index is 14.1. The van der Waals surface area contributed by atoms with Crippen molar-refractivity contribution in [1.29, 1.82) is 0 Å². The SMILES string of the molecule is CCOC(=O)C(C(=O)OCC)c1c(F)cc(SC)cc1F. The molecule has 0 N–H and O–H groups in total. The summed E-state index contributed by atoms with van der Waals surface area (Å²) in [4.78, 5) is 24.1. The van der Waals surface area contributed by atoms with Gasteiger partial charge in [0.15, 0.2) is 5.92 Å². The third kappa shape index (κ3) is 4.17. The van der Waals surface area contributed by atoms with Crippen LogP contribution in [0.3, 0.4) is 0 Å². The molecule has 0 atom stereocenters. The van der Waals surface area contributed by atoms with Crippen molar-refractivity contribution in [1.82, 2.24) is 0 Å². The second kappa shape index (κ2) is 7.97. The molecule has 0 aliphatic heterocycles. The molecule has 1 aromatic rings. The Bertz CT molecular complexity index is 493. The van der Waals surface area contributed by atoms with Gasteiger partial charge in [0.25, 0.3) is 0 Å². The number of carbonyl (C=O) groups excluding carboxylic acids is 2. The Morgan fingerprint density at radius 1 is 1.10 bits per heavy atom. The van der Waals surface area contributed by atoms with Crippen molar-refractivity contribution in [2.45, 2.75) is 24.7 Å². The van der Waals surface area contributed by atoms with E-state index in [4.69, 9.17) is 9.47 Å². The predicted molar refractivity (Wildman–Crippen MR) is 74.1 cm³/mol. The lowest BCUT2D eigenvalue weighted by Gasteiger charge is -2.16. The molecule has 0 unspecified atom stereocenters. The minimum Gasteiger partial charge on any atom is -0.465 e. The zero-order chi connectivity index (χ0) is 16.0. The second-order valence-electron chi connectivity index (χ2n) is 3.94. The van der Waals surface area contributed by atoms with Crippen LogP contribution in [0.1, 0.15) is 25.3 Å². The van der Waals surface area contributed by atoms with E-state index >= 15 is 0 Å². The van der Waals surface area contributed by atoms with E-state index in [2.05, 4.69) is 0 Å². The van der Waals surface area contributed by atoms with Crippen LogP contribution in [0.2, 0.25) is 0 Å². The number of rotatable bonds is 6. The van der Waals surface area contributed by atoms with Crippen LogP contribution >= 0.6 is 11.8 Å². The van der Waals surface area contributed by atoms with Crippen LogP contribution in [0.5, 0.6) is 0 Å². The summed E-state index contributed by atoms with van der Waals surface area (Å²) in [5.74, 6) is -5.80. The number of hydrogen-bond acceptors (Lipinski definition) is 5. The molecule has 21 heavy (non-hydrogen) atoms. The van der Waals surface area contributed by atoms with Crippen LogP contribution in [0.15, 0.2) is 17.0 Å². The fraction of sp³-hybridized carbons (Fsp3) is 0.429. The van der Waals surface area contributed by atoms with Gasteiger partial charge in [0.05, 0.1) is 13.2 Å². The van der Waals surface area contributed by atoms with E-state index < -0.39 is 35.1 Å². The Kier molecular flexibility index (Phi) is 6.61. The molecule has 0 fully saturated rings. The summed E-state index contributed by atoms with van der Waals surface area (Å²) in [5.41, 5.74) is -0.648. The van der Waals surface area contributed by atoms with Crippen molar-refractivity contribution < 1.29 is 27.8 Å². The molecule has 0 aliphatic rings. The number of benzene rings is 1. The molecule has 1 rings (SSSR count). The van der Waals surface area contributed by atoms with Crippen molar-refractivity contribution in [3.63, 3.8) is 0 Å². The molecular formula is C14H16F2O4S. The van der Waals surface area contributed by atoms with Gasteiger partial charge >= 0.3 is 11.9 Å². The van der Waals surface area contributed by atoms with E-state index in [0.29, 0.717) is 4.90 Å². The maximum absolute atomic E-state index is 14.1. The van der Waals surface area contributed by atoms with E-state index in [9.17, 15) is 18.4 Å². The summed E-state index contributed by atoms with van der Waals surface area (Å²) < 4.78 is 37.6. The number of esters is 2. The Hall–Kier alpha value is -1.63. The first-order valence-electron chi connectivity index (χ1n) is 6.32. The van der Waals surface area contributed by atoms with Gasteiger partial charge in [-0.15, -0.1) is 11.8 Å². The number of thioether (sulfide) groups is 1. The lowest BCUT2D eigenvalue weighted by atomic mass is 9.98. The normalized spacial score (nSPS) is 10.6. The van der Waals surface area contributed by atoms with Crippen molar-refractivity contribution in [3.05, 3.63) is 29.3 Å². The summed E-state index contributed by atoms with van der Waals surface area (Å²) in [6, 6.07) is 2.13. The first-order valence-corrected chi connectivity index (χ1v) is 7.54. The van der Waals surface area contributed by atoms with E-state index in [1.807, 2.05) is 0 Å². The van der Waals surface area contributed by atoms with Crippen LogP contribution < -0.4 is 0 Å². The van der Waals surface area contributed by atoms with Crippen LogP contribution in [0.25, 0.3) is 0 Å². The van der Waals surface area contributed by atoms with Gasteiger partial charge in [-0.25, -0.2) is 8.78 Å². The molecular weight excluding hydrogens is 302 g/mol. The molecule has 0 saturated heterocycles. The number of hydrogen-bond donors (Lipinski definition) is 0. The number of ether oxygens (including phenoxy) is 2. The van der Waals surface area contributed by atoms with Crippen LogP contribution in [0.4, 0.5) is 8.78 Å². The smallest absolute Gasteiger partial charge is 0.325 e. The number of carbonyl (C=O) groups is 2. The van der Waals surface area contributed by atoms with Gasteiger partial charge in [-0.2, -0.15) is 0 Å². The first-order chi connectivity index (χ1) is 9.96. The highest BCUT2D eigenvalue weighted by Gasteiger charge is 2.36. The fourth-order valence-electron chi connectivity index (χ4n) is 1.74. The van der Waals surface area contributed by atoms with Crippen molar-refractivity contribution in [2.75, 3.05) is 19.5 Å². The van der Waals surface area contributed by atoms with Gasteiger partial charge in [-0.1, -0.05) is 0 Å². The average Bonchev–Trinajstić information content (AvgIpc) is 2.42. The highest BCUT2D eigenvalue weighted by molar-refractivity contribution is 7.98. The van der Waals surface area contributed by atoms with Gasteiger partial charge in [-0.3, -0.25) is 9.59 Å². The second-order valence-corrected chi connectivity index (χ2v) is 4.82. The summed E-state index contributed by atoms with van der Waals surface area (Å²) in [6.07, 6.45) is 1.65. The van der Waals surface area contributed by atoms with Crippen molar-refractivity contribution in [2.24, 2.45) is 0 Å². The van der Waals surface area contributed by atoms with Crippen molar-refractivity contribution >= 4 is 23.7 Å². The fourth-order valence-corrected chi connectivity index (χ4v) is 2.18. The molecule has 0 amide bonds. The lowest BCUT2D eigenvalue weighted by molar-refractivity contribution is -0.157. The molecule has 0 radical (unpaired) electrons. The van der Waals surface area contributed by atoms with Gasteiger partial charge < -0.3 is 9.47 Å². The predicted octanol–water partition coefficient (Wildman–Crippen LogP) is 2.90. The molecule has 4 nitrogen and oxygen atoms in total. The highest BCUT2D eigenvalue weighted by Crippen LogP contribution is 2.29. The zero-order valence-corrected chi connectivity index (χ0v) is 12.8. The van der Waals surface area contributed by atoms with E-state index in [1.165, 1.54) is 13.8 Å². The van der Waals surface area contributed by atoms with Crippen molar-refractivity contribution in [3.8, 4) is 0 Å². The molecule has 0 spiro atoms. The average molecular weight is 318 g/mol. The standard InChI is InChI=1S/C14H16F2O4S/c1-4-19-13(17)12(14(18)20-5-2)11-9(15)6-8(21-3)7-10(11)16/h6-7,12H,4-5H2,1-3H3. The zero-order valence-electron chi connectivity index (χ0n) is 11.9. The van der Waals surface area contributed by atoms with E-state index in [1.54, 1.807) is 6.26 Å². The van der Waals surface area contributed by atoms with Gasteiger partial charge in [0.2, 0.25) is 0 Å². The third-order valence-corrected chi connectivity index (χ3v) is 3.33. The van der Waals surface area contributed by atoms with Crippen LogP contribution in [-0.2, 0) is 19.1 Å². The van der Waals surface area contributed by atoms with E-state index in [-0.39, 0.29) is 13.2 Å². The summed E-state index contributed by atoms with van der Waals surface area (Å²) in [5, 5.41) is 0. The molecule has 1 aromatic carbocycles. The quantitative estimate of drug-likeness (QED) is 0.458. The minimum atomic E-state index is -1.76.